The molecule has 0 radical (unpaired) electrons. The summed E-state index contributed by atoms with van der Waals surface area (Å²) < 4.78 is 5.15. The predicted octanol–water partition coefficient (Wildman–Crippen LogP) is 7.79. The number of ether oxygens (including phenoxy) is 1. The van der Waals surface area contributed by atoms with E-state index in [4.69, 9.17) is 4.74 Å². The highest BCUT2D eigenvalue weighted by atomic mass is 16.5. The van der Waals surface area contributed by atoms with Crippen LogP contribution in [0.4, 0.5) is 0 Å². The number of methoxy groups -OCH3 is 1. The summed E-state index contributed by atoms with van der Waals surface area (Å²) in [6.45, 7) is 2.16. The Morgan fingerprint density at radius 2 is 1.17 bits per heavy atom. The van der Waals surface area contributed by atoms with Gasteiger partial charge in [-0.3, -0.25) is 0 Å². The zero-order valence-corrected chi connectivity index (χ0v) is 20.2. The molecule has 0 aliphatic heterocycles. The van der Waals surface area contributed by atoms with E-state index in [-0.39, 0.29) is 5.97 Å². The maximum Gasteiger partial charge on any atom is 0.338 e. The van der Waals surface area contributed by atoms with Crippen molar-refractivity contribution in [2.24, 2.45) is 0 Å². The first kappa shape index (κ1) is 20.9. The van der Waals surface area contributed by atoms with Crippen LogP contribution < -0.4 is 0 Å². The standard InChI is InChI=1S/C34H24O2/c1-21-18-19-27-31(20-21)34(28-15-7-5-11-23(28)24-12-6-8-16-29(24)34)30-17-9-14-25(32(27)30)22-10-3-4-13-26(22)33(35)36-2/h3-20H,1-2H3. The van der Waals surface area contributed by atoms with Gasteiger partial charge in [0.2, 0.25) is 0 Å². The molecule has 0 aromatic heterocycles. The van der Waals surface area contributed by atoms with E-state index in [1.54, 1.807) is 0 Å². The van der Waals surface area contributed by atoms with E-state index in [0.717, 1.165) is 11.1 Å². The van der Waals surface area contributed by atoms with Crippen molar-refractivity contribution in [3.05, 3.63) is 143 Å². The summed E-state index contributed by atoms with van der Waals surface area (Å²) in [5.41, 5.74) is 13.5. The smallest absolute Gasteiger partial charge is 0.338 e. The van der Waals surface area contributed by atoms with Crippen molar-refractivity contribution < 1.29 is 9.53 Å². The highest BCUT2D eigenvalue weighted by Gasteiger charge is 2.52. The van der Waals surface area contributed by atoms with E-state index in [0.29, 0.717) is 5.56 Å². The van der Waals surface area contributed by atoms with Gasteiger partial charge >= 0.3 is 5.97 Å². The van der Waals surface area contributed by atoms with E-state index in [1.807, 2.05) is 24.3 Å². The van der Waals surface area contributed by atoms with Crippen LogP contribution >= 0.6 is 0 Å². The maximum absolute atomic E-state index is 12.8. The van der Waals surface area contributed by atoms with Gasteiger partial charge in [-0.2, -0.15) is 0 Å². The van der Waals surface area contributed by atoms with Crippen LogP contribution in [0.5, 0.6) is 0 Å². The normalized spacial score (nSPS) is 13.6. The van der Waals surface area contributed by atoms with Crippen molar-refractivity contribution in [3.63, 3.8) is 0 Å². The van der Waals surface area contributed by atoms with Crippen molar-refractivity contribution in [2.75, 3.05) is 7.11 Å². The van der Waals surface area contributed by atoms with Crippen molar-refractivity contribution in [2.45, 2.75) is 12.3 Å². The fourth-order valence-corrected chi connectivity index (χ4v) is 6.53. The molecule has 172 valence electrons. The summed E-state index contributed by atoms with van der Waals surface area (Å²) >= 11 is 0. The molecule has 2 aliphatic carbocycles. The van der Waals surface area contributed by atoms with Gasteiger partial charge in [0.15, 0.2) is 0 Å². The fraction of sp³-hybridized carbons (Fsp3) is 0.0882. The molecule has 0 saturated heterocycles. The maximum atomic E-state index is 12.8. The minimum atomic E-state index is -0.403. The van der Waals surface area contributed by atoms with E-state index >= 15 is 0 Å². The van der Waals surface area contributed by atoms with Gasteiger partial charge in [-0.1, -0.05) is 109 Å². The number of aryl methyl sites for hydroxylation is 1. The molecule has 0 saturated carbocycles. The molecule has 1 spiro atoms. The second-order valence-corrected chi connectivity index (χ2v) is 9.66. The molecule has 0 amide bonds. The number of hydrogen-bond acceptors (Lipinski definition) is 2. The number of benzene rings is 5. The van der Waals surface area contributed by atoms with Gasteiger partial charge in [0.1, 0.15) is 0 Å². The van der Waals surface area contributed by atoms with Gasteiger partial charge < -0.3 is 4.74 Å². The molecule has 2 aliphatic rings. The van der Waals surface area contributed by atoms with Gasteiger partial charge in [0.05, 0.1) is 18.1 Å². The first-order chi connectivity index (χ1) is 17.7. The SMILES string of the molecule is COC(=O)c1ccccc1-c1cccc2c1-c1ccc(C)cc1C21c2ccccc2-c2ccccc21. The molecule has 2 nitrogen and oxygen atoms in total. The quantitative estimate of drug-likeness (QED) is 0.244. The lowest BCUT2D eigenvalue weighted by molar-refractivity contribution is 0.0601. The average molecular weight is 465 g/mol. The summed E-state index contributed by atoms with van der Waals surface area (Å²) in [6.07, 6.45) is 0. The lowest BCUT2D eigenvalue weighted by Gasteiger charge is -2.30. The summed E-state index contributed by atoms with van der Waals surface area (Å²) in [7, 11) is 1.44. The van der Waals surface area contributed by atoms with Gasteiger partial charge in [0, 0.05) is 0 Å². The van der Waals surface area contributed by atoms with Crippen LogP contribution in [-0.4, -0.2) is 13.1 Å². The number of fused-ring (bicyclic) bond motifs is 10. The summed E-state index contributed by atoms with van der Waals surface area (Å²) in [5.74, 6) is -0.323. The number of esters is 1. The Morgan fingerprint density at radius 3 is 1.86 bits per heavy atom. The van der Waals surface area contributed by atoms with Gasteiger partial charge in [0.25, 0.3) is 0 Å². The number of hydrogen-bond donors (Lipinski definition) is 0. The Balaban J connectivity index is 1.65. The molecule has 0 fully saturated rings. The third-order valence-corrected chi connectivity index (χ3v) is 7.89. The van der Waals surface area contributed by atoms with Gasteiger partial charge in [-0.05, 0) is 68.6 Å². The Kier molecular flexibility index (Phi) is 4.37. The highest BCUT2D eigenvalue weighted by Crippen LogP contribution is 2.64. The van der Waals surface area contributed by atoms with Crippen LogP contribution in [-0.2, 0) is 10.2 Å². The molecular weight excluding hydrogens is 440 g/mol. The molecular formula is C34H24O2. The summed E-state index contributed by atoms with van der Waals surface area (Å²) in [4.78, 5) is 12.8. The van der Waals surface area contributed by atoms with Crippen molar-refractivity contribution >= 4 is 5.97 Å². The molecule has 0 N–H and O–H groups in total. The number of carbonyl (C=O) groups excluding carboxylic acids is 1. The van der Waals surface area contributed by atoms with Crippen LogP contribution in [0.25, 0.3) is 33.4 Å². The van der Waals surface area contributed by atoms with E-state index in [2.05, 4.69) is 91.9 Å². The highest BCUT2D eigenvalue weighted by molar-refractivity contribution is 6.04. The number of rotatable bonds is 2. The Morgan fingerprint density at radius 1 is 0.583 bits per heavy atom. The summed E-state index contributed by atoms with van der Waals surface area (Å²) in [5, 5.41) is 0. The largest absolute Gasteiger partial charge is 0.465 e. The molecule has 0 unspecified atom stereocenters. The van der Waals surface area contributed by atoms with Crippen LogP contribution in [0.2, 0.25) is 0 Å². The molecule has 5 aromatic rings. The zero-order valence-electron chi connectivity index (χ0n) is 20.2. The molecule has 36 heavy (non-hydrogen) atoms. The minimum absolute atomic E-state index is 0.323. The number of carbonyl (C=O) groups is 1. The zero-order chi connectivity index (χ0) is 24.4. The lowest BCUT2D eigenvalue weighted by Crippen LogP contribution is -2.25. The lowest BCUT2D eigenvalue weighted by atomic mass is 9.70. The Bertz CT molecular complexity index is 1660. The van der Waals surface area contributed by atoms with Crippen LogP contribution in [0.1, 0.15) is 38.2 Å². The third-order valence-electron chi connectivity index (χ3n) is 7.89. The molecule has 0 bridgehead atoms. The van der Waals surface area contributed by atoms with E-state index < -0.39 is 5.41 Å². The van der Waals surface area contributed by atoms with Crippen molar-refractivity contribution in [1.82, 2.24) is 0 Å². The average Bonchev–Trinajstić information content (AvgIpc) is 3.39. The van der Waals surface area contributed by atoms with Crippen LogP contribution in [0, 0.1) is 6.92 Å². The van der Waals surface area contributed by atoms with E-state index in [9.17, 15) is 4.79 Å². The van der Waals surface area contributed by atoms with Crippen LogP contribution in [0.15, 0.2) is 109 Å². The first-order valence-electron chi connectivity index (χ1n) is 12.3. The predicted molar refractivity (Wildman–Crippen MR) is 144 cm³/mol. The fourth-order valence-electron chi connectivity index (χ4n) is 6.53. The second-order valence-electron chi connectivity index (χ2n) is 9.66. The minimum Gasteiger partial charge on any atom is -0.465 e. The van der Waals surface area contributed by atoms with Crippen LogP contribution in [0.3, 0.4) is 0 Å². The molecule has 2 heteroatoms. The molecule has 5 aromatic carbocycles. The van der Waals surface area contributed by atoms with E-state index in [1.165, 1.54) is 57.2 Å². The second kappa shape index (κ2) is 7.53. The third kappa shape index (κ3) is 2.54. The topological polar surface area (TPSA) is 26.3 Å². The van der Waals surface area contributed by atoms with Crippen molar-refractivity contribution in [3.8, 4) is 33.4 Å². The Hall–Kier alpha value is -4.43. The summed E-state index contributed by atoms with van der Waals surface area (Å²) in [6, 6.07) is 38.7. The first-order valence-corrected chi connectivity index (χ1v) is 12.3. The Labute approximate surface area is 210 Å². The van der Waals surface area contributed by atoms with Gasteiger partial charge in [-0.25, -0.2) is 4.79 Å². The monoisotopic (exact) mass is 464 g/mol. The van der Waals surface area contributed by atoms with Crippen molar-refractivity contribution in [1.29, 1.82) is 0 Å². The molecule has 0 heterocycles. The van der Waals surface area contributed by atoms with Gasteiger partial charge in [-0.15, -0.1) is 0 Å². The molecule has 0 atom stereocenters. The molecule has 7 rings (SSSR count).